The summed E-state index contributed by atoms with van der Waals surface area (Å²) in [7, 11) is 1.69. The molecule has 4 nitrogen and oxygen atoms in total. The standard InChI is InChI=1S/C16H17N3O/c1-11-7-16-18-13(9-19(16)10-14(11)17)8-12-5-3-4-6-15(12)20-2/h3-7,9-10H,8,17H2,1-2H3. The van der Waals surface area contributed by atoms with Crippen molar-refractivity contribution in [2.24, 2.45) is 0 Å². The van der Waals surface area contributed by atoms with Crippen molar-refractivity contribution in [3.63, 3.8) is 0 Å². The molecule has 1 aromatic carbocycles. The third kappa shape index (κ3) is 2.20. The number of rotatable bonds is 3. The minimum absolute atomic E-state index is 0.741. The van der Waals surface area contributed by atoms with E-state index in [4.69, 9.17) is 10.5 Å². The predicted octanol–water partition coefficient (Wildman–Crippen LogP) is 2.82. The van der Waals surface area contributed by atoms with Gasteiger partial charge >= 0.3 is 0 Å². The van der Waals surface area contributed by atoms with Gasteiger partial charge in [-0.1, -0.05) is 18.2 Å². The van der Waals surface area contributed by atoms with Crippen molar-refractivity contribution >= 4 is 11.3 Å². The van der Waals surface area contributed by atoms with Gasteiger partial charge in [-0.2, -0.15) is 0 Å². The van der Waals surface area contributed by atoms with Crippen molar-refractivity contribution < 1.29 is 4.74 Å². The molecule has 0 saturated carbocycles. The van der Waals surface area contributed by atoms with E-state index in [0.717, 1.165) is 40.3 Å². The van der Waals surface area contributed by atoms with Gasteiger partial charge in [0.05, 0.1) is 18.5 Å². The summed E-state index contributed by atoms with van der Waals surface area (Å²) < 4.78 is 7.34. The van der Waals surface area contributed by atoms with Gasteiger partial charge in [-0.05, 0) is 24.6 Å². The molecule has 20 heavy (non-hydrogen) atoms. The summed E-state index contributed by atoms with van der Waals surface area (Å²) in [6, 6.07) is 10.0. The van der Waals surface area contributed by atoms with E-state index >= 15 is 0 Å². The largest absolute Gasteiger partial charge is 0.496 e. The van der Waals surface area contributed by atoms with Crippen molar-refractivity contribution in [1.29, 1.82) is 0 Å². The summed E-state index contributed by atoms with van der Waals surface area (Å²) in [6.45, 7) is 1.99. The lowest BCUT2D eigenvalue weighted by molar-refractivity contribution is 0.410. The summed E-state index contributed by atoms with van der Waals surface area (Å²) in [5, 5.41) is 0. The van der Waals surface area contributed by atoms with Gasteiger partial charge in [0.2, 0.25) is 0 Å². The molecular formula is C16H17N3O. The second-order valence-electron chi connectivity index (χ2n) is 4.90. The molecule has 3 rings (SSSR count). The molecule has 0 aliphatic carbocycles. The summed E-state index contributed by atoms with van der Waals surface area (Å²) in [5.41, 5.74) is 10.8. The average Bonchev–Trinajstić information content (AvgIpc) is 2.81. The Morgan fingerprint density at radius 3 is 2.85 bits per heavy atom. The van der Waals surface area contributed by atoms with Crippen LogP contribution in [-0.2, 0) is 6.42 Å². The SMILES string of the molecule is COc1ccccc1Cc1cn2cc(N)c(C)cc2n1. The highest BCUT2D eigenvalue weighted by atomic mass is 16.5. The van der Waals surface area contributed by atoms with E-state index in [1.807, 2.05) is 48.0 Å². The van der Waals surface area contributed by atoms with Gasteiger partial charge in [0.1, 0.15) is 11.4 Å². The normalized spacial score (nSPS) is 10.9. The number of pyridine rings is 1. The Morgan fingerprint density at radius 1 is 1.25 bits per heavy atom. The fourth-order valence-electron chi connectivity index (χ4n) is 2.33. The van der Waals surface area contributed by atoms with Crippen LogP contribution in [0.15, 0.2) is 42.7 Å². The molecule has 2 aromatic heterocycles. The number of imidazole rings is 1. The van der Waals surface area contributed by atoms with Crippen LogP contribution in [0.2, 0.25) is 0 Å². The zero-order valence-corrected chi connectivity index (χ0v) is 11.6. The van der Waals surface area contributed by atoms with E-state index in [1.165, 1.54) is 0 Å². The second kappa shape index (κ2) is 4.89. The molecule has 0 atom stereocenters. The molecule has 4 heteroatoms. The number of hydrogen-bond acceptors (Lipinski definition) is 3. The van der Waals surface area contributed by atoms with Crippen LogP contribution < -0.4 is 10.5 Å². The molecule has 2 N–H and O–H groups in total. The zero-order valence-electron chi connectivity index (χ0n) is 11.6. The molecule has 0 radical (unpaired) electrons. The van der Waals surface area contributed by atoms with Crippen molar-refractivity contribution in [3.05, 3.63) is 59.5 Å². The summed E-state index contributed by atoms with van der Waals surface area (Å²) >= 11 is 0. The van der Waals surface area contributed by atoms with Crippen LogP contribution in [0.25, 0.3) is 5.65 Å². The maximum atomic E-state index is 5.92. The predicted molar refractivity (Wildman–Crippen MR) is 80.1 cm³/mol. The van der Waals surface area contributed by atoms with Crippen LogP contribution in [0.5, 0.6) is 5.75 Å². The van der Waals surface area contributed by atoms with Crippen molar-refractivity contribution in [2.45, 2.75) is 13.3 Å². The molecule has 0 aliphatic rings. The van der Waals surface area contributed by atoms with E-state index in [0.29, 0.717) is 0 Å². The van der Waals surface area contributed by atoms with E-state index < -0.39 is 0 Å². The number of para-hydroxylation sites is 1. The second-order valence-corrected chi connectivity index (χ2v) is 4.90. The van der Waals surface area contributed by atoms with Crippen LogP contribution in [-0.4, -0.2) is 16.5 Å². The number of fused-ring (bicyclic) bond motifs is 1. The monoisotopic (exact) mass is 267 g/mol. The maximum absolute atomic E-state index is 5.92. The van der Waals surface area contributed by atoms with Gasteiger partial charge in [0.25, 0.3) is 0 Å². The first-order chi connectivity index (χ1) is 9.67. The first-order valence-electron chi connectivity index (χ1n) is 6.53. The molecule has 0 bridgehead atoms. The van der Waals surface area contributed by atoms with Crippen LogP contribution in [0.1, 0.15) is 16.8 Å². The summed E-state index contributed by atoms with van der Waals surface area (Å²) in [6.07, 6.45) is 4.66. The van der Waals surface area contributed by atoms with Crippen LogP contribution in [0, 0.1) is 6.92 Å². The molecule has 3 aromatic rings. The first-order valence-corrected chi connectivity index (χ1v) is 6.53. The molecule has 0 unspecified atom stereocenters. The number of nitrogen functional groups attached to an aromatic ring is 1. The molecule has 102 valence electrons. The van der Waals surface area contributed by atoms with E-state index in [-0.39, 0.29) is 0 Å². The lowest BCUT2D eigenvalue weighted by Gasteiger charge is -2.05. The quantitative estimate of drug-likeness (QED) is 0.794. The minimum Gasteiger partial charge on any atom is -0.496 e. The van der Waals surface area contributed by atoms with Gasteiger partial charge in [0, 0.05) is 24.4 Å². The maximum Gasteiger partial charge on any atom is 0.137 e. The van der Waals surface area contributed by atoms with Crippen molar-refractivity contribution in [3.8, 4) is 5.75 Å². The minimum atomic E-state index is 0.741. The lowest BCUT2D eigenvalue weighted by Crippen LogP contribution is -1.93. The van der Waals surface area contributed by atoms with Crippen LogP contribution >= 0.6 is 0 Å². The highest BCUT2D eigenvalue weighted by Crippen LogP contribution is 2.21. The smallest absolute Gasteiger partial charge is 0.137 e. The van der Waals surface area contributed by atoms with Crippen molar-refractivity contribution in [1.82, 2.24) is 9.38 Å². The summed E-state index contributed by atoms with van der Waals surface area (Å²) in [4.78, 5) is 4.64. The number of nitrogens with zero attached hydrogens (tertiary/aromatic N) is 2. The molecule has 0 amide bonds. The fraction of sp³-hybridized carbons (Fsp3) is 0.188. The van der Waals surface area contributed by atoms with Crippen LogP contribution in [0.3, 0.4) is 0 Å². The van der Waals surface area contributed by atoms with Gasteiger partial charge in [-0.15, -0.1) is 0 Å². The Kier molecular flexibility index (Phi) is 3.06. The number of anilines is 1. The van der Waals surface area contributed by atoms with Crippen molar-refractivity contribution in [2.75, 3.05) is 12.8 Å². The van der Waals surface area contributed by atoms with E-state index in [2.05, 4.69) is 11.1 Å². The molecule has 2 heterocycles. The Hall–Kier alpha value is -2.49. The number of hydrogen-bond donors (Lipinski definition) is 1. The Bertz CT molecular complexity index is 723. The number of ether oxygens (including phenoxy) is 1. The molecule has 0 spiro atoms. The number of aryl methyl sites for hydroxylation is 1. The highest BCUT2D eigenvalue weighted by Gasteiger charge is 2.08. The highest BCUT2D eigenvalue weighted by molar-refractivity contribution is 5.54. The fourth-order valence-corrected chi connectivity index (χ4v) is 2.33. The Morgan fingerprint density at radius 2 is 2.05 bits per heavy atom. The molecular weight excluding hydrogens is 250 g/mol. The van der Waals surface area contributed by atoms with E-state index in [9.17, 15) is 0 Å². The van der Waals surface area contributed by atoms with Gasteiger partial charge < -0.3 is 14.9 Å². The Labute approximate surface area is 117 Å². The third-order valence-electron chi connectivity index (χ3n) is 3.45. The third-order valence-corrected chi connectivity index (χ3v) is 3.45. The van der Waals surface area contributed by atoms with Gasteiger partial charge in [-0.25, -0.2) is 4.98 Å². The average molecular weight is 267 g/mol. The number of methoxy groups -OCH3 is 1. The van der Waals surface area contributed by atoms with Gasteiger partial charge in [0.15, 0.2) is 0 Å². The van der Waals surface area contributed by atoms with E-state index in [1.54, 1.807) is 7.11 Å². The molecule has 0 fully saturated rings. The zero-order chi connectivity index (χ0) is 14.1. The number of aromatic nitrogens is 2. The Balaban J connectivity index is 1.99. The first kappa shape index (κ1) is 12.5. The molecule has 0 aliphatic heterocycles. The topological polar surface area (TPSA) is 52.5 Å². The van der Waals surface area contributed by atoms with Crippen LogP contribution in [0.4, 0.5) is 5.69 Å². The number of nitrogens with two attached hydrogens (primary N) is 1. The number of benzene rings is 1. The molecule has 0 saturated heterocycles. The lowest BCUT2D eigenvalue weighted by atomic mass is 10.1. The summed E-state index contributed by atoms with van der Waals surface area (Å²) in [5.74, 6) is 0.889. The van der Waals surface area contributed by atoms with Gasteiger partial charge in [-0.3, -0.25) is 0 Å².